The lowest BCUT2D eigenvalue weighted by Crippen LogP contribution is -2.58. The average Bonchev–Trinajstić information content (AvgIpc) is 2.32. The van der Waals surface area contributed by atoms with Gasteiger partial charge in [-0.05, 0) is 11.6 Å². The second-order valence-electron chi connectivity index (χ2n) is 2.36. The second-order valence-corrected chi connectivity index (χ2v) is 2.70. The number of aliphatic imine (C=N–C) groups is 4. The lowest BCUT2D eigenvalue weighted by molar-refractivity contribution is 0.632. The van der Waals surface area contributed by atoms with Crippen molar-refractivity contribution in [3.05, 3.63) is 0 Å². The Morgan fingerprint density at radius 3 is 2.92 bits per heavy atom. The minimum Gasteiger partial charge on any atom is -0.289 e. The van der Waals surface area contributed by atoms with Gasteiger partial charge in [0.05, 0.1) is 0 Å². The quantitative estimate of drug-likeness (QED) is 0.375. The van der Waals surface area contributed by atoms with E-state index in [9.17, 15) is 0 Å². The summed E-state index contributed by atoms with van der Waals surface area (Å²) in [6, 6.07) is 0. The Labute approximate surface area is 72.8 Å². The smallest absolute Gasteiger partial charge is 0.223 e. The Morgan fingerprint density at radius 1 is 1.42 bits per heavy atom. The summed E-state index contributed by atoms with van der Waals surface area (Å²) in [6.07, 6.45) is 1.31. The fraction of sp³-hybridized carbons (Fsp3) is 0.200. The maximum Gasteiger partial charge on any atom is 0.223 e. The van der Waals surface area contributed by atoms with Crippen LogP contribution in [0.15, 0.2) is 20.0 Å². The van der Waals surface area contributed by atoms with Crippen molar-refractivity contribution < 1.29 is 0 Å². The summed E-state index contributed by atoms with van der Waals surface area (Å²) in [5.41, 5.74) is 11.5. The summed E-state index contributed by atoms with van der Waals surface area (Å²) in [7, 11) is 0. The first kappa shape index (κ1) is 7.53. The molecule has 0 saturated heterocycles. The lowest BCUT2D eigenvalue weighted by atomic mass is 10.2. The van der Waals surface area contributed by atoms with Crippen molar-refractivity contribution in [2.75, 3.05) is 0 Å². The number of hydrogen-bond acceptors (Lipinski definition) is 6. The van der Waals surface area contributed by atoms with Crippen LogP contribution < -0.4 is 11.5 Å². The van der Waals surface area contributed by atoms with Crippen LogP contribution in [0.4, 0.5) is 0 Å². The van der Waals surface area contributed by atoms with Crippen molar-refractivity contribution in [1.82, 2.24) is 0 Å². The zero-order valence-corrected chi connectivity index (χ0v) is 6.65. The van der Waals surface area contributed by atoms with Gasteiger partial charge in [-0.15, -0.1) is 0 Å². The van der Waals surface area contributed by atoms with E-state index in [1.807, 2.05) is 0 Å². The molecular formula is C5H5ClN6. The van der Waals surface area contributed by atoms with Crippen LogP contribution >= 0.6 is 11.6 Å². The molecule has 0 bridgehead atoms. The van der Waals surface area contributed by atoms with Crippen LogP contribution in [0.1, 0.15) is 0 Å². The molecule has 0 spiro atoms. The van der Waals surface area contributed by atoms with Gasteiger partial charge in [0, 0.05) is 0 Å². The molecule has 0 unspecified atom stereocenters. The van der Waals surface area contributed by atoms with Crippen LogP contribution in [0.5, 0.6) is 0 Å². The predicted octanol–water partition coefficient (Wildman–Crippen LogP) is -0.953. The van der Waals surface area contributed by atoms with Crippen molar-refractivity contribution in [2.24, 2.45) is 31.4 Å². The van der Waals surface area contributed by atoms with Gasteiger partial charge in [0.1, 0.15) is 12.1 Å². The van der Waals surface area contributed by atoms with Gasteiger partial charge in [-0.2, -0.15) is 4.99 Å². The first-order valence-corrected chi connectivity index (χ1v) is 3.50. The molecule has 0 aromatic rings. The molecule has 7 heteroatoms. The number of nitrogens with zero attached hydrogens (tertiary/aromatic N) is 4. The topological polar surface area (TPSA) is 101 Å². The van der Waals surface area contributed by atoms with E-state index in [0.29, 0.717) is 11.5 Å². The van der Waals surface area contributed by atoms with E-state index in [1.165, 1.54) is 6.34 Å². The number of fused-ring (bicyclic) bond motifs is 1. The Bertz CT molecular complexity index is 349. The first-order valence-electron chi connectivity index (χ1n) is 3.12. The zero-order valence-electron chi connectivity index (χ0n) is 5.90. The minimum absolute atomic E-state index is 0.00648. The van der Waals surface area contributed by atoms with Crippen molar-refractivity contribution >= 4 is 34.8 Å². The molecule has 0 amide bonds. The Kier molecular flexibility index (Phi) is 1.38. The second kappa shape index (κ2) is 2.19. The molecule has 2 heterocycles. The molecule has 0 aromatic heterocycles. The maximum atomic E-state index is 5.57. The highest BCUT2D eigenvalue weighted by molar-refractivity contribution is 6.68. The molecule has 0 aliphatic carbocycles. The number of amidine groups is 2. The average molecular weight is 185 g/mol. The van der Waals surface area contributed by atoms with Gasteiger partial charge in [-0.1, -0.05) is 0 Å². The van der Waals surface area contributed by atoms with Crippen LogP contribution in [0.25, 0.3) is 0 Å². The molecular weight excluding hydrogens is 180 g/mol. The monoisotopic (exact) mass is 184 g/mol. The van der Waals surface area contributed by atoms with E-state index < -0.39 is 5.79 Å². The summed E-state index contributed by atoms with van der Waals surface area (Å²) < 4.78 is 0. The molecule has 0 saturated carbocycles. The largest absolute Gasteiger partial charge is 0.289 e. The van der Waals surface area contributed by atoms with E-state index in [0.717, 1.165) is 0 Å². The highest BCUT2D eigenvalue weighted by atomic mass is 35.5. The molecule has 0 radical (unpaired) electrons. The van der Waals surface area contributed by atoms with Crippen LogP contribution in [-0.2, 0) is 0 Å². The minimum atomic E-state index is -1.40. The van der Waals surface area contributed by atoms with Gasteiger partial charge < -0.3 is 0 Å². The third-order valence-corrected chi connectivity index (χ3v) is 1.60. The van der Waals surface area contributed by atoms with Gasteiger partial charge in [0.2, 0.25) is 11.1 Å². The molecule has 2 aliphatic heterocycles. The SMILES string of the molecule is NC1(N)N=C(Cl)N=C2N=CN=C21. The zero-order chi connectivity index (χ0) is 8.77. The molecule has 4 N–H and O–H groups in total. The highest BCUT2D eigenvalue weighted by Gasteiger charge is 2.35. The van der Waals surface area contributed by atoms with Gasteiger partial charge in [-0.3, -0.25) is 11.5 Å². The molecule has 6 nitrogen and oxygen atoms in total. The fourth-order valence-electron chi connectivity index (χ4n) is 0.942. The van der Waals surface area contributed by atoms with E-state index >= 15 is 0 Å². The number of halogens is 1. The molecule has 2 aliphatic rings. The highest BCUT2D eigenvalue weighted by Crippen LogP contribution is 2.13. The normalized spacial score (nSPS) is 24.4. The van der Waals surface area contributed by atoms with Crippen molar-refractivity contribution in [1.29, 1.82) is 0 Å². The number of hydrogen-bond donors (Lipinski definition) is 2. The molecule has 2 rings (SSSR count). The molecule has 62 valence electrons. The summed E-state index contributed by atoms with van der Waals surface area (Å²) >= 11 is 5.54. The van der Waals surface area contributed by atoms with Crippen LogP contribution in [0, 0.1) is 0 Å². The van der Waals surface area contributed by atoms with Crippen LogP contribution in [-0.4, -0.2) is 29.0 Å². The van der Waals surface area contributed by atoms with Crippen LogP contribution in [0.3, 0.4) is 0 Å². The van der Waals surface area contributed by atoms with Gasteiger partial charge >= 0.3 is 0 Å². The molecule has 0 aromatic carbocycles. The Balaban J connectivity index is 2.54. The van der Waals surface area contributed by atoms with Crippen LogP contribution in [0.2, 0.25) is 0 Å². The summed E-state index contributed by atoms with van der Waals surface area (Å²) in [5, 5.41) is -0.00648. The third kappa shape index (κ3) is 0.970. The Hall–Kier alpha value is -1.11. The maximum absolute atomic E-state index is 5.57. The van der Waals surface area contributed by atoms with Gasteiger partial charge in [0.15, 0.2) is 5.84 Å². The van der Waals surface area contributed by atoms with Gasteiger partial charge in [0.25, 0.3) is 0 Å². The number of nitrogens with two attached hydrogens (primary N) is 2. The number of rotatable bonds is 0. The predicted molar refractivity (Wildman–Crippen MR) is 47.8 cm³/mol. The first-order chi connectivity index (χ1) is 5.59. The van der Waals surface area contributed by atoms with Crippen molar-refractivity contribution in [3.8, 4) is 0 Å². The van der Waals surface area contributed by atoms with Gasteiger partial charge in [-0.25, -0.2) is 15.0 Å². The lowest BCUT2D eigenvalue weighted by Gasteiger charge is -2.21. The molecule has 0 fully saturated rings. The van der Waals surface area contributed by atoms with Crippen molar-refractivity contribution in [2.45, 2.75) is 5.79 Å². The van der Waals surface area contributed by atoms with E-state index in [4.69, 9.17) is 23.1 Å². The molecule has 0 atom stereocenters. The summed E-state index contributed by atoms with van der Waals surface area (Å²) in [5.74, 6) is -1.06. The van der Waals surface area contributed by atoms with E-state index in [2.05, 4.69) is 20.0 Å². The molecule has 12 heavy (non-hydrogen) atoms. The Morgan fingerprint density at radius 2 is 2.17 bits per heavy atom. The fourth-order valence-corrected chi connectivity index (χ4v) is 1.16. The standard InChI is InChI=1S/C5H5ClN6/c6-4-11-3-2(9-1-10-3)5(7,8)12-4/h1H,7-8H2. The van der Waals surface area contributed by atoms with E-state index in [1.54, 1.807) is 0 Å². The summed E-state index contributed by atoms with van der Waals surface area (Å²) in [6.45, 7) is 0. The summed E-state index contributed by atoms with van der Waals surface area (Å²) in [4.78, 5) is 15.1. The van der Waals surface area contributed by atoms with E-state index in [-0.39, 0.29) is 5.29 Å². The van der Waals surface area contributed by atoms with Crippen molar-refractivity contribution in [3.63, 3.8) is 0 Å². The third-order valence-electron chi connectivity index (χ3n) is 1.43.